The van der Waals surface area contributed by atoms with Gasteiger partial charge in [-0.25, -0.2) is 0 Å². The number of likely N-dealkylation sites (tertiary alicyclic amines) is 1. The van der Waals surface area contributed by atoms with Crippen LogP contribution in [0.25, 0.3) is 10.9 Å². The molecule has 0 aliphatic carbocycles. The second-order valence-corrected chi connectivity index (χ2v) is 5.05. The van der Waals surface area contributed by atoms with Gasteiger partial charge in [0.25, 0.3) is 0 Å². The number of carbonyl (C=O) groups is 1. The number of hydrogen-bond donors (Lipinski definition) is 1. The lowest BCUT2D eigenvalue weighted by molar-refractivity contribution is -0.132. The number of nitrogens with zero attached hydrogens (tertiary/aromatic N) is 1. The van der Waals surface area contributed by atoms with Crippen molar-refractivity contribution in [3.8, 4) is 0 Å². The summed E-state index contributed by atoms with van der Waals surface area (Å²) in [5.74, 6) is 0.189. The number of benzene rings is 1. The second-order valence-electron chi connectivity index (χ2n) is 5.05. The minimum atomic E-state index is 0.189. The first kappa shape index (κ1) is 11.3. The highest BCUT2D eigenvalue weighted by Crippen LogP contribution is 2.32. The summed E-state index contributed by atoms with van der Waals surface area (Å²) in [5.41, 5.74) is 2.42. The Morgan fingerprint density at radius 2 is 2.22 bits per heavy atom. The van der Waals surface area contributed by atoms with E-state index in [0.717, 1.165) is 24.9 Å². The third kappa shape index (κ3) is 1.90. The monoisotopic (exact) mass is 242 g/mol. The van der Waals surface area contributed by atoms with Gasteiger partial charge in [-0.1, -0.05) is 6.07 Å². The summed E-state index contributed by atoms with van der Waals surface area (Å²) in [6.07, 6.45) is 5.37. The molecule has 1 N–H and O–H groups in total. The Morgan fingerprint density at radius 1 is 1.33 bits per heavy atom. The first-order chi connectivity index (χ1) is 8.75. The number of H-pyrrole nitrogens is 1. The van der Waals surface area contributed by atoms with Gasteiger partial charge in [0.2, 0.25) is 5.91 Å². The minimum Gasteiger partial charge on any atom is -0.361 e. The molecule has 1 amide bonds. The zero-order valence-corrected chi connectivity index (χ0v) is 10.6. The van der Waals surface area contributed by atoms with Crippen LogP contribution in [-0.2, 0) is 4.79 Å². The molecule has 0 bridgehead atoms. The second kappa shape index (κ2) is 4.48. The molecule has 94 valence electrons. The molecule has 1 aromatic heterocycles. The number of carbonyl (C=O) groups excluding carboxylic acids is 1. The Balaban J connectivity index is 1.97. The van der Waals surface area contributed by atoms with Gasteiger partial charge < -0.3 is 9.88 Å². The van der Waals surface area contributed by atoms with Crippen LogP contribution in [0.2, 0.25) is 0 Å². The van der Waals surface area contributed by atoms with Gasteiger partial charge in [0.05, 0.1) is 6.04 Å². The molecule has 0 saturated carbocycles. The van der Waals surface area contributed by atoms with Crippen molar-refractivity contribution < 1.29 is 4.79 Å². The summed E-state index contributed by atoms with van der Waals surface area (Å²) in [4.78, 5) is 16.9. The number of piperidine rings is 1. The van der Waals surface area contributed by atoms with E-state index in [-0.39, 0.29) is 11.9 Å². The summed E-state index contributed by atoms with van der Waals surface area (Å²) in [5, 5.41) is 1.22. The van der Waals surface area contributed by atoms with Gasteiger partial charge in [0.15, 0.2) is 0 Å². The molecule has 1 saturated heterocycles. The first-order valence-corrected chi connectivity index (χ1v) is 6.60. The summed E-state index contributed by atoms with van der Waals surface area (Å²) in [6, 6.07) is 8.80. The van der Waals surface area contributed by atoms with Crippen LogP contribution >= 0.6 is 0 Å². The van der Waals surface area contributed by atoms with Crippen LogP contribution in [0.15, 0.2) is 30.5 Å². The van der Waals surface area contributed by atoms with E-state index >= 15 is 0 Å². The molecule has 3 heteroatoms. The lowest BCUT2D eigenvalue weighted by Gasteiger charge is -2.35. The van der Waals surface area contributed by atoms with E-state index in [9.17, 15) is 4.79 Å². The Bertz CT molecular complexity index is 573. The zero-order chi connectivity index (χ0) is 12.5. The molecular weight excluding hydrogens is 224 g/mol. The molecule has 1 fully saturated rings. The molecule has 1 aliphatic rings. The maximum Gasteiger partial charge on any atom is 0.219 e. The fourth-order valence-corrected chi connectivity index (χ4v) is 2.93. The van der Waals surface area contributed by atoms with Gasteiger partial charge in [0.1, 0.15) is 0 Å². The Hall–Kier alpha value is -1.77. The van der Waals surface area contributed by atoms with E-state index in [0.29, 0.717) is 0 Å². The van der Waals surface area contributed by atoms with E-state index in [1.54, 1.807) is 6.92 Å². The highest BCUT2D eigenvalue weighted by Gasteiger charge is 2.25. The van der Waals surface area contributed by atoms with Gasteiger partial charge in [-0.3, -0.25) is 4.79 Å². The van der Waals surface area contributed by atoms with Gasteiger partial charge >= 0.3 is 0 Å². The number of amides is 1. The van der Waals surface area contributed by atoms with Crippen molar-refractivity contribution in [2.45, 2.75) is 32.2 Å². The van der Waals surface area contributed by atoms with Crippen LogP contribution < -0.4 is 0 Å². The fourth-order valence-electron chi connectivity index (χ4n) is 2.93. The highest BCUT2D eigenvalue weighted by atomic mass is 16.2. The lowest BCUT2D eigenvalue weighted by Crippen LogP contribution is -2.36. The third-order valence-corrected chi connectivity index (χ3v) is 3.87. The largest absolute Gasteiger partial charge is 0.361 e. The van der Waals surface area contributed by atoms with E-state index in [1.807, 2.05) is 11.1 Å². The average Bonchev–Trinajstić information content (AvgIpc) is 2.85. The van der Waals surface area contributed by atoms with E-state index < -0.39 is 0 Å². The van der Waals surface area contributed by atoms with Crippen LogP contribution in [0.4, 0.5) is 0 Å². The van der Waals surface area contributed by atoms with E-state index in [1.165, 1.54) is 17.4 Å². The molecule has 1 atom stereocenters. The molecule has 2 aromatic rings. The van der Waals surface area contributed by atoms with Gasteiger partial charge in [-0.05, 0) is 48.4 Å². The predicted octanol–water partition coefficient (Wildman–Crippen LogP) is 3.24. The maximum absolute atomic E-state index is 11.7. The SMILES string of the molecule is CC(=O)N1CCCC[C@H]1c1ccc2[nH]ccc2c1. The molecule has 2 heterocycles. The zero-order valence-electron chi connectivity index (χ0n) is 10.6. The molecule has 3 rings (SSSR count). The molecule has 0 radical (unpaired) electrons. The van der Waals surface area contributed by atoms with Crippen molar-refractivity contribution in [1.29, 1.82) is 0 Å². The van der Waals surface area contributed by atoms with E-state index in [4.69, 9.17) is 0 Å². The number of hydrogen-bond acceptors (Lipinski definition) is 1. The van der Waals surface area contributed by atoms with Gasteiger partial charge in [-0.2, -0.15) is 0 Å². The number of rotatable bonds is 1. The third-order valence-electron chi connectivity index (χ3n) is 3.87. The minimum absolute atomic E-state index is 0.189. The van der Waals surface area contributed by atoms with Crippen LogP contribution in [0.3, 0.4) is 0 Å². The Labute approximate surface area is 107 Å². The molecule has 0 unspecified atom stereocenters. The first-order valence-electron chi connectivity index (χ1n) is 6.60. The number of fused-ring (bicyclic) bond motifs is 1. The smallest absolute Gasteiger partial charge is 0.219 e. The standard InChI is InChI=1S/C15H18N2O/c1-11(18)17-9-3-2-4-15(17)13-5-6-14-12(10-13)7-8-16-14/h5-8,10,15-16H,2-4,9H2,1H3/t15-/m0/s1. The van der Waals surface area contributed by atoms with Gasteiger partial charge in [0, 0.05) is 25.2 Å². The number of nitrogens with one attached hydrogen (secondary N) is 1. The average molecular weight is 242 g/mol. The molecule has 1 aromatic carbocycles. The summed E-state index contributed by atoms with van der Waals surface area (Å²) >= 11 is 0. The van der Waals surface area contributed by atoms with Crippen LogP contribution in [0, 0.1) is 0 Å². The van der Waals surface area contributed by atoms with Crippen molar-refractivity contribution in [2.24, 2.45) is 0 Å². The summed E-state index contributed by atoms with van der Waals surface area (Å²) < 4.78 is 0. The van der Waals surface area contributed by atoms with Crippen LogP contribution in [0.5, 0.6) is 0 Å². The van der Waals surface area contributed by atoms with Crippen LogP contribution in [-0.4, -0.2) is 22.3 Å². The van der Waals surface area contributed by atoms with Crippen molar-refractivity contribution >= 4 is 16.8 Å². The Morgan fingerprint density at radius 3 is 3.06 bits per heavy atom. The lowest BCUT2D eigenvalue weighted by atomic mass is 9.94. The molecule has 18 heavy (non-hydrogen) atoms. The maximum atomic E-state index is 11.7. The highest BCUT2D eigenvalue weighted by molar-refractivity contribution is 5.80. The van der Waals surface area contributed by atoms with Crippen molar-refractivity contribution in [1.82, 2.24) is 9.88 Å². The van der Waals surface area contributed by atoms with Crippen molar-refractivity contribution in [2.75, 3.05) is 6.54 Å². The molecule has 1 aliphatic heterocycles. The fraction of sp³-hybridized carbons (Fsp3) is 0.400. The molecular formula is C15H18N2O. The van der Waals surface area contributed by atoms with Crippen molar-refractivity contribution in [3.63, 3.8) is 0 Å². The van der Waals surface area contributed by atoms with Crippen LogP contribution in [0.1, 0.15) is 37.8 Å². The Kier molecular flexibility index (Phi) is 2.82. The topological polar surface area (TPSA) is 36.1 Å². The normalized spacial score (nSPS) is 20.3. The summed E-state index contributed by atoms with van der Waals surface area (Å²) in [7, 11) is 0. The number of aromatic nitrogens is 1. The predicted molar refractivity (Wildman–Crippen MR) is 72.3 cm³/mol. The molecule has 3 nitrogen and oxygen atoms in total. The number of aromatic amines is 1. The van der Waals surface area contributed by atoms with Gasteiger partial charge in [-0.15, -0.1) is 0 Å². The quantitative estimate of drug-likeness (QED) is 0.818. The molecule has 0 spiro atoms. The summed E-state index contributed by atoms with van der Waals surface area (Å²) in [6.45, 7) is 2.57. The van der Waals surface area contributed by atoms with Crippen molar-refractivity contribution in [3.05, 3.63) is 36.0 Å². The van der Waals surface area contributed by atoms with E-state index in [2.05, 4.69) is 29.2 Å².